The van der Waals surface area contributed by atoms with Crippen molar-refractivity contribution in [1.82, 2.24) is 29.4 Å². The normalized spacial score (nSPS) is 19.8. The highest BCUT2D eigenvalue weighted by molar-refractivity contribution is 4.90. The maximum atomic E-state index is 4.48. The number of rotatable bonds is 5. The minimum atomic E-state index is 0.574. The molecule has 1 saturated heterocycles. The first kappa shape index (κ1) is 13.3. The Labute approximate surface area is 119 Å². The van der Waals surface area contributed by atoms with E-state index in [1.165, 1.54) is 19.4 Å². The van der Waals surface area contributed by atoms with Crippen LogP contribution in [-0.2, 0) is 13.1 Å². The molecule has 2 aromatic rings. The van der Waals surface area contributed by atoms with Gasteiger partial charge in [-0.1, -0.05) is 0 Å². The number of likely N-dealkylation sites (tertiary alicyclic amines) is 1. The van der Waals surface area contributed by atoms with Gasteiger partial charge < -0.3 is 0 Å². The summed E-state index contributed by atoms with van der Waals surface area (Å²) in [5.74, 6) is 1.88. The first-order chi connectivity index (χ1) is 9.72. The van der Waals surface area contributed by atoms with Crippen molar-refractivity contribution < 1.29 is 0 Å². The van der Waals surface area contributed by atoms with Gasteiger partial charge in [0, 0.05) is 25.0 Å². The summed E-state index contributed by atoms with van der Waals surface area (Å²) in [6.07, 6.45) is 6.38. The molecule has 1 aliphatic heterocycles. The molecular weight excluding hydrogens is 252 g/mol. The van der Waals surface area contributed by atoms with Crippen molar-refractivity contribution in [1.29, 1.82) is 0 Å². The molecule has 0 aliphatic carbocycles. The molecule has 0 bridgehead atoms. The van der Waals surface area contributed by atoms with Crippen molar-refractivity contribution in [3.8, 4) is 0 Å². The summed E-state index contributed by atoms with van der Waals surface area (Å²) in [6, 6.07) is 2.55. The van der Waals surface area contributed by atoms with Crippen LogP contribution in [0.15, 0.2) is 18.5 Å². The predicted molar refractivity (Wildman–Crippen MR) is 76.3 cm³/mol. The molecule has 0 amide bonds. The van der Waals surface area contributed by atoms with E-state index >= 15 is 0 Å². The third-order valence-corrected chi connectivity index (χ3v) is 4.02. The number of aryl methyl sites for hydroxylation is 2. The molecule has 0 spiro atoms. The van der Waals surface area contributed by atoms with E-state index < -0.39 is 0 Å². The molecule has 0 aromatic carbocycles. The van der Waals surface area contributed by atoms with Gasteiger partial charge in [0.25, 0.3) is 0 Å². The standard InChI is InChI=1S/C14H22N6/c1-12-16-13(2)20(17-12)11-14-5-3-7-18(14)9-10-19-8-4-6-15-19/h4,6,8,14H,3,5,7,9-11H2,1-2H3. The van der Waals surface area contributed by atoms with Crippen LogP contribution in [0.5, 0.6) is 0 Å². The van der Waals surface area contributed by atoms with Gasteiger partial charge in [-0.3, -0.25) is 9.58 Å². The average Bonchev–Trinajstić information content (AvgIpc) is 3.11. The second-order valence-electron chi connectivity index (χ2n) is 5.49. The molecule has 0 radical (unpaired) electrons. The molecule has 0 saturated carbocycles. The number of hydrogen-bond acceptors (Lipinski definition) is 4. The molecule has 3 rings (SSSR count). The highest BCUT2D eigenvalue weighted by atomic mass is 15.4. The van der Waals surface area contributed by atoms with Gasteiger partial charge in [-0.05, 0) is 39.3 Å². The SMILES string of the molecule is Cc1nc(C)n(CC2CCCN2CCn2cccn2)n1. The van der Waals surface area contributed by atoms with Gasteiger partial charge in [0.2, 0.25) is 0 Å². The molecule has 1 atom stereocenters. The van der Waals surface area contributed by atoms with Crippen LogP contribution in [0.4, 0.5) is 0 Å². The molecule has 6 nitrogen and oxygen atoms in total. The quantitative estimate of drug-likeness (QED) is 0.823. The number of hydrogen-bond donors (Lipinski definition) is 0. The molecule has 6 heteroatoms. The zero-order valence-corrected chi connectivity index (χ0v) is 12.2. The number of aromatic nitrogens is 5. The lowest BCUT2D eigenvalue weighted by atomic mass is 10.2. The van der Waals surface area contributed by atoms with E-state index in [1.807, 2.05) is 41.7 Å². The second kappa shape index (κ2) is 5.75. The van der Waals surface area contributed by atoms with E-state index in [1.54, 1.807) is 0 Å². The fourth-order valence-corrected chi connectivity index (χ4v) is 2.99. The summed E-state index contributed by atoms with van der Waals surface area (Å²) in [5.41, 5.74) is 0. The molecule has 3 heterocycles. The molecule has 20 heavy (non-hydrogen) atoms. The zero-order valence-electron chi connectivity index (χ0n) is 12.2. The van der Waals surface area contributed by atoms with Crippen molar-refractivity contribution in [3.63, 3.8) is 0 Å². The minimum absolute atomic E-state index is 0.574. The van der Waals surface area contributed by atoms with Gasteiger partial charge in [0.1, 0.15) is 11.6 Å². The van der Waals surface area contributed by atoms with Gasteiger partial charge in [0.05, 0.1) is 13.1 Å². The Balaban J connectivity index is 1.59. The van der Waals surface area contributed by atoms with Crippen LogP contribution in [0.3, 0.4) is 0 Å². The first-order valence-electron chi connectivity index (χ1n) is 7.32. The summed E-state index contributed by atoms with van der Waals surface area (Å²) in [7, 11) is 0. The van der Waals surface area contributed by atoms with Gasteiger partial charge in [-0.15, -0.1) is 0 Å². The lowest BCUT2D eigenvalue weighted by molar-refractivity contribution is 0.215. The number of nitrogens with zero attached hydrogens (tertiary/aromatic N) is 6. The predicted octanol–water partition coefficient (Wildman–Crippen LogP) is 1.26. The minimum Gasteiger partial charge on any atom is -0.297 e. The van der Waals surface area contributed by atoms with Gasteiger partial charge in [-0.2, -0.15) is 10.2 Å². The molecular formula is C14H22N6. The van der Waals surface area contributed by atoms with Gasteiger partial charge in [-0.25, -0.2) is 9.67 Å². The lowest BCUT2D eigenvalue weighted by Crippen LogP contribution is -2.36. The molecule has 2 aromatic heterocycles. The highest BCUT2D eigenvalue weighted by Crippen LogP contribution is 2.19. The summed E-state index contributed by atoms with van der Waals surface area (Å²) < 4.78 is 4.05. The maximum absolute atomic E-state index is 4.48. The van der Waals surface area contributed by atoms with Crippen molar-refractivity contribution >= 4 is 0 Å². The second-order valence-corrected chi connectivity index (χ2v) is 5.49. The molecule has 1 fully saturated rings. The van der Waals surface area contributed by atoms with Crippen LogP contribution in [0, 0.1) is 13.8 Å². The fraction of sp³-hybridized carbons (Fsp3) is 0.643. The Bertz CT molecular complexity index is 544. The van der Waals surface area contributed by atoms with E-state index in [4.69, 9.17) is 0 Å². The van der Waals surface area contributed by atoms with Crippen LogP contribution < -0.4 is 0 Å². The fourth-order valence-electron chi connectivity index (χ4n) is 2.99. The lowest BCUT2D eigenvalue weighted by Gasteiger charge is -2.24. The van der Waals surface area contributed by atoms with E-state index in [0.29, 0.717) is 6.04 Å². The Morgan fingerprint density at radius 2 is 2.20 bits per heavy atom. The van der Waals surface area contributed by atoms with Crippen molar-refractivity contribution in [2.24, 2.45) is 0 Å². The molecule has 0 N–H and O–H groups in total. The van der Waals surface area contributed by atoms with E-state index in [9.17, 15) is 0 Å². The molecule has 1 aliphatic rings. The Morgan fingerprint density at radius 3 is 2.90 bits per heavy atom. The topological polar surface area (TPSA) is 51.8 Å². The van der Waals surface area contributed by atoms with E-state index in [2.05, 4.69) is 20.1 Å². The molecule has 1 unspecified atom stereocenters. The Hall–Kier alpha value is -1.69. The third-order valence-electron chi connectivity index (χ3n) is 4.02. The smallest absolute Gasteiger partial charge is 0.147 e. The van der Waals surface area contributed by atoms with Crippen LogP contribution >= 0.6 is 0 Å². The summed E-state index contributed by atoms with van der Waals surface area (Å²) in [4.78, 5) is 6.94. The van der Waals surface area contributed by atoms with Crippen molar-refractivity contribution in [2.45, 2.75) is 45.8 Å². The van der Waals surface area contributed by atoms with Crippen molar-refractivity contribution in [2.75, 3.05) is 13.1 Å². The van der Waals surface area contributed by atoms with Crippen LogP contribution in [0.2, 0.25) is 0 Å². The van der Waals surface area contributed by atoms with E-state index in [0.717, 1.165) is 31.3 Å². The Kier molecular flexibility index (Phi) is 3.82. The maximum Gasteiger partial charge on any atom is 0.147 e. The summed E-state index contributed by atoms with van der Waals surface area (Å²) in [5, 5.41) is 8.75. The third kappa shape index (κ3) is 2.90. The van der Waals surface area contributed by atoms with Crippen molar-refractivity contribution in [3.05, 3.63) is 30.1 Å². The van der Waals surface area contributed by atoms with Crippen LogP contribution in [0.1, 0.15) is 24.5 Å². The van der Waals surface area contributed by atoms with Gasteiger partial charge >= 0.3 is 0 Å². The first-order valence-corrected chi connectivity index (χ1v) is 7.32. The monoisotopic (exact) mass is 274 g/mol. The highest BCUT2D eigenvalue weighted by Gasteiger charge is 2.25. The van der Waals surface area contributed by atoms with Crippen LogP contribution in [0.25, 0.3) is 0 Å². The van der Waals surface area contributed by atoms with E-state index in [-0.39, 0.29) is 0 Å². The van der Waals surface area contributed by atoms with Crippen LogP contribution in [-0.4, -0.2) is 48.6 Å². The Morgan fingerprint density at radius 1 is 1.30 bits per heavy atom. The van der Waals surface area contributed by atoms with Gasteiger partial charge in [0.15, 0.2) is 0 Å². The molecule has 108 valence electrons. The summed E-state index contributed by atoms with van der Waals surface area (Å²) >= 11 is 0. The summed E-state index contributed by atoms with van der Waals surface area (Å²) in [6.45, 7) is 8.12. The average molecular weight is 274 g/mol. The zero-order chi connectivity index (χ0) is 13.9. The largest absolute Gasteiger partial charge is 0.297 e.